The average molecular weight is 337 g/mol. The maximum atomic E-state index is 12.6. The summed E-state index contributed by atoms with van der Waals surface area (Å²) in [6.45, 7) is 7.86. The second kappa shape index (κ2) is 6.72. The van der Waals surface area contributed by atoms with Crippen molar-refractivity contribution in [2.24, 2.45) is 7.05 Å². The summed E-state index contributed by atoms with van der Waals surface area (Å²) >= 11 is 0. The molecular formula is C16H23N3O3S. The highest BCUT2D eigenvalue weighted by molar-refractivity contribution is 7.92. The van der Waals surface area contributed by atoms with Crippen LogP contribution in [0.4, 0.5) is 5.69 Å². The lowest BCUT2D eigenvalue weighted by atomic mass is 10.2. The first-order valence-electron chi connectivity index (χ1n) is 7.44. The Kier molecular flexibility index (Phi) is 5.11. The molecule has 0 bridgehead atoms. The van der Waals surface area contributed by atoms with Crippen LogP contribution in [-0.4, -0.2) is 24.3 Å². The molecule has 1 N–H and O–H groups in total. The summed E-state index contributed by atoms with van der Waals surface area (Å²) in [5.74, 6) is 0. The number of ether oxygens (including phenoxy) is 1. The van der Waals surface area contributed by atoms with E-state index in [-0.39, 0.29) is 11.0 Å². The number of nitrogens with zero attached hydrogens (tertiary/aromatic N) is 2. The van der Waals surface area contributed by atoms with Crippen molar-refractivity contribution in [2.75, 3.05) is 4.72 Å². The summed E-state index contributed by atoms with van der Waals surface area (Å²) in [5.41, 5.74) is 2.76. The second-order valence-corrected chi connectivity index (χ2v) is 7.46. The van der Waals surface area contributed by atoms with Gasteiger partial charge in [-0.25, -0.2) is 8.42 Å². The molecule has 0 saturated carbocycles. The Balaban J connectivity index is 2.27. The lowest BCUT2D eigenvalue weighted by molar-refractivity contribution is 0.0656. The Morgan fingerprint density at radius 2 is 2.00 bits per heavy atom. The molecule has 0 amide bonds. The molecule has 0 unspecified atom stereocenters. The van der Waals surface area contributed by atoms with Crippen molar-refractivity contribution in [2.45, 2.75) is 45.3 Å². The van der Waals surface area contributed by atoms with Crippen molar-refractivity contribution in [1.82, 2.24) is 9.78 Å². The molecule has 6 nitrogen and oxygen atoms in total. The van der Waals surface area contributed by atoms with Crippen molar-refractivity contribution < 1.29 is 13.2 Å². The molecule has 0 saturated heterocycles. The molecule has 0 aliphatic heterocycles. The van der Waals surface area contributed by atoms with Crippen molar-refractivity contribution in [3.05, 3.63) is 41.2 Å². The second-order valence-electron chi connectivity index (χ2n) is 5.78. The summed E-state index contributed by atoms with van der Waals surface area (Å²) in [5, 5.41) is 4.22. The van der Waals surface area contributed by atoms with E-state index in [0.717, 1.165) is 11.3 Å². The molecule has 0 aliphatic rings. The highest BCUT2D eigenvalue weighted by Gasteiger charge is 2.19. The number of sulfonamides is 1. The summed E-state index contributed by atoms with van der Waals surface area (Å²) in [6.07, 6.45) is 0.0917. The standard InChI is InChI=1S/C16H23N3O3S/c1-11(2)22-10-14-7-6-8-15(9-14)23(20,21)18-16-12(3)17-19(5)13(16)4/h6-9,11,18H,10H2,1-5H3. The van der Waals surface area contributed by atoms with Gasteiger partial charge in [0.2, 0.25) is 0 Å². The van der Waals surface area contributed by atoms with Gasteiger partial charge < -0.3 is 4.74 Å². The van der Waals surface area contributed by atoms with E-state index in [1.807, 2.05) is 26.8 Å². The normalized spacial score (nSPS) is 11.9. The number of hydrogen-bond donors (Lipinski definition) is 1. The van der Waals surface area contributed by atoms with Crippen LogP contribution in [0, 0.1) is 13.8 Å². The third kappa shape index (κ3) is 4.11. The third-order valence-electron chi connectivity index (χ3n) is 3.54. The molecule has 0 atom stereocenters. The first-order chi connectivity index (χ1) is 10.7. The zero-order chi connectivity index (χ0) is 17.2. The molecule has 2 rings (SSSR count). The van der Waals surface area contributed by atoms with E-state index in [2.05, 4.69) is 9.82 Å². The van der Waals surface area contributed by atoms with Gasteiger partial charge in [0, 0.05) is 7.05 Å². The van der Waals surface area contributed by atoms with E-state index in [1.165, 1.54) is 0 Å². The average Bonchev–Trinajstić information content (AvgIpc) is 2.72. The molecule has 1 aromatic heterocycles. The molecule has 1 heterocycles. The van der Waals surface area contributed by atoms with Crippen molar-refractivity contribution >= 4 is 15.7 Å². The van der Waals surface area contributed by atoms with Crippen molar-refractivity contribution in [3.63, 3.8) is 0 Å². The zero-order valence-corrected chi connectivity index (χ0v) is 14.9. The van der Waals surface area contributed by atoms with Crippen LogP contribution in [0.2, 0.25) is 0 Å². The number of aromatic nitrogens is 2. The minimum atomic E-state index is -3.66. The Labute approximate surface area is 137 Å². The zero-order valence-electron chi connectivity index (χ0n) is 14.1. The van der Waals surface area contributed by atoms with Gasteiger partial charge in [0.1, 0.15) is 0 Å². The fraction of sp³-hybridized carbons (Fsp3) is 0.438. The fourth-order valence-electron chi connectivity index (χ4n) is 2.18. The van der Waals surface area contributed by atoms with Crippen LogP contribution < -0.4 is 4.72 Å². The van der Waals surface area contributed by atoms with Crippen LogP contribution in [0.1, 0.15) is 30.8 Å². The monoisotopic (exact) mass is 337 g/mol. The Morgan fingerprint density at radius 3 is 2.57 bits per heavy atom. The smallest absolute Gasteiger partial charge is 0.262 e. The lowest BCUT2D eigenvalue weighted by Crippen LogP contribution is -2.14. The number of nitrogens with one attached hydrogen (secondary N) is 1. The van der Waals surface area contributed by atoms with Gasteiger partial charge in [-0.1, -0.05) is 12.1 Å². The molecule has 0 fully saturated rings. The van der Waals surface area contributed by atoms with E-state index in [4.69, 9.17) is 4.74 Å². The van der Waals surface area contributed by atoms with Crippen LogP contribution in [-0.2, 0) is 28.4 Å². The summed E-state index contributed by atoms with van der Waals surface area (Å²) in [4.78, 5) is 0.213. The van der Waals surface area contributed by atoms with Crippen LogP contribution in [0.5, 0.6) is 0 Å². The number of hydrogen-bond acceptors (Lipinski definition) is 4. The van der Waals surface area contributed by atoms with E-state index >= 15 is 0 Å². The maximum absolute atomic E-state index is 12.6. The van der Waals surface area contributed by atoms with Gasteiger partial charge in [0.05, 0.1) is 34.7 Å². The number of anilines is 1. The molecule has 1 aromatic carbocycles. The molecule has 0 aliphatic carbocycles. The molecule has 0 spiro atoms. The largest absolute Gasteiger partial charge is 0.374 e. The molecule has 0 radical (unpaired) electrons. The predicted molar refractivity (Wildman–Crippen MR) is 89.9 cm³/mol. The predicted octanol–water partition coefficient (Wildman–Crippen LogP) is 2.76. The lowest BCUT2D eigenvalue weighted by Gasteiger charge is -2.11. The van der Waals surface area contributed by atoms with Crippen molar-refractivity contribution in [1.29, 1.82) is 0 Å². The van der Waals surface area contributed by atoms with E-state index < -0.39 is 10.0 Å². The van der Waals surface area contributed by atoms with E-state index in [9.17, 15) is 8.42 Å². The van der Waals surface area contributed by atoms with E-state index in [1.54, 1.807) is 36.9 Å². The van der Waals surface area contributed by atoms with Gasteiger partial charge in [-0.05, 0) is 45.4 Å². The molecule has 7 heteroatoms. The van der Waals surface area contributed by atoms with Gasteiger partial charge in [-0.15, -0.1) is 0 Å². The molecule has 2 aromatic rings. The summed E-state index contributed by atoms with van der Waals surface area (Å²) in [6, 6.07) is 6.77. The van der Waals surface area contributed by atoms with Crippen LogP contribution in [0.3, 0.4) is 0 Å². The Morgan fingerprint density at radius 1 is 1.30 bits per heavy atom. The van der Waals surface area contributed by atoms with Crippen LogP contribution >= 0.6 is 0 Å². The quantitative estimate of drug-likeness (QED) is 0.879. The molecule has 126 valence electrons. The minimum absolute atomic E-state index is 0.0917. The van der Waals surface area contributed by atoms with Gasteiger partial charge in [0.15, 0.2) is 0 Å². The number of rotatable bonds is 6. The van der Waals surface area contributed by atoms with Gasteiger partial charge in [0.25, 0.3) is 10.0 Å². The first-order valence-corrected chi connectivity index (χ1v) is 8.92. The molecular weight excluding hydrogens is 314 g/mol. The topological polar surface area (TPSA) is 73.2 Å². The summed E-state index contributed by atoms with van der Waals surface area (Å²) in [7, 11) is -1.88. The Hall–Kier alpha value is -1.86. The maximum Gasteiger partial charge on any atom is 0.262 e. The van der Waals surface area contributed by atoms with Gasteiger partial charge in [-0.3, -0.25) is 9.40 Å². The minimum Gasteiger partial charge on any atom is -0.374 e. The van der Waals surface area contributed by atoms with Crippen LogP contribution in [0.25, 0.3) is 0 Å². The summed E-state index contributed by atoms with van der Waals surface area (Å²) < 4.78 is 35.0. The number of benzene rings is 1. The number of aryl methyl sites for hydroxylation is 2. The van der Waals surface area contributed by atoms with Crippen molar-refractivity contribution in [3.8, 4) is 0 Å². The van der Waals surface area contributed by atoms with Gasteiger partial charge >= 0.3 is 0 Å². The third-order valence-corrected chi connectivity index (χ3v) is 4.88. The fourth-order valence-corrected chi connectivity index (χ4v) is 3.43. The van der Waals surface area contributed by atoms with Crippen LogP contribution in [0.15, 0.2) is 29.2 Å². The molecule has 23 heavy (non-hydrogen) atoms. The highest BCUT2D eigenvalue weighted by atomic mass is 32.2. The Bertz CT molecular complexity index is 795. The first kappa shape index (κ1) is 17.5. The highest BCUT2D eigenvalue weighted by Crippen LogP contribution is 2.23. The SMILES string of the molecule is Cc1nn(C)c(C)c1NS(=O)(=O)c1cccc(COC(C)C)c1. The van der Waals surface area contributed by atoms with Gasteiger partial charge in [-0.2, -0.15) is 5.10 Å². The van der Waals surface area contributed by atoms with E-state index in [0.29, 0.717) is 18.0 Å².